The minimum Gasteiger partial charge on any atom is -0.390 e. The van der Waals surface area contributed by atoms with Crippen LogP contribution in [-0.2, 0) is 11.3 Å². The summed E-state index contributed by atoms with van der Waals surface area (Å²) in [5.41, 5.74) is 1.23. The molecule has 0 unspecified atom stereocenters. The van der Waals surface area contributed by atoms with Crippen molar-refractivity contribution in [1.29, 1.82) is 0 Å². The van der Waals surface area contributed by atoms with Crippen molar-refractivity contribution < 1.29 is 9.53 Å². The average Bonchev–Trinajstić information content (AvgIpc) is 2.97. The van der Waals surface area contributed by atoms with Crippen LogP contribution in [0.1, 0.15) is 24.6 Å². The van der Waals surface area contributed by atoms with Gasteiger partial charge in [-0.2, -0.15) is 9.50 Å². The molecule has 3 rings (SSSR count). The number of carbonyl (C=O) groups is 1. The van der Waals surface area contributed by atoms with Gasteiger partial charge in [0.2, 0.25) is 5.78 Å². The normalized spacial score (nSPS) is 11.0. The van der Waals surface area contributed by atoms with Gasteiger partial charge < -0.3 is 9.30 Å². The van der Waals surface area contributed by atoms with Gasteiger partial charge in [-0.1, -0.05) is 24.6 Å². The molecule has 0 fully saturated rings. The molecule has 0 aliphatic carbocycles. The molecule has 0 amide bonds. The number of hydrogen-bond donors (Lipinski definition) is 0. The highest BCUT2D eigenvalue weighted by Crippen LogP contribution is 2.13. The molecule has 0 saturated heterocycles. The summed E-state index contributed by atoms with van der Waals surface area (Å²) in [5.74, 6) is -0.183. The van der Waals surface area contributed by atoms with Crippen molar-refractivity contribution >= 4 is 23.3 Å². The summed E-state index contributed by atoms with van der Waals surface area (Å²) in [6, 6.07) is 4.81. The van der Waals surface area contributed by atoms with Crippen molar-refractivity contribution in [2.24, 2.45) is 0 Å². The molecule has 3 heterocycles. The highest BCUT2D eigenvalue weighted by Gasteiger charge is 2.15. The summed E-state index contributed by atoms with van der Waals surface area (Å²) in [7, 11) is 0. The molecule has 0 saturated carbocycles. The van der Waals surface area contributed by atoms with Gasteiger partial charge in [-0.05, 0) is 18.6 Å². The van der Waals surface area contributed by atoms with E-state index in [2.05, 4.69) is 15.1 Å². The third-order valence-electron chi connectivity index (χ3n) is 3.40. The Kier molecular flexibility index (Phi) is 4.30. The first kappa shape index (κ1) is 16.1. The number of pyridine rings is 1. The summed E-state index contributed by atoms with van der Waals surface area (Å²) in [6.45, 7) is 3.87. The van der Waals surface area contributed by atoms with Crippen molar-refractivity contribution in [3.63, 3.8) is 0 Å². The Morgan fingerprint density at radius 1 is 1.38 bits per heavy atom. The highest BCUT2D eigenvalue weighted by atomic mass is 35.5. The van der Waals surface area contributed by atoms with E-state index in [1.807, 2.05) is 6.07 Å². The topological polar surface area (TPSA) is 91.4 Å². The predicted molar refractivity (Wildman–Crippen MR) is 86.3 cm³/mol. The van der Waals surface area contributed by atoms with Gasteiger partial charge in [-0.25, -0.2) is 4.98 Å². The minimum absolute atomic E-state index is 0.146. The summed E-state index contributed by atoms with van der Waals surface area (Å²) >= 11 is 5.79. The van der Waals surface area contributed by atoms with Crippen molar-refractivity contribution in [2.75, 3.05) is 0 Å². The largest absolute Gasteiger partial charge is 0.390 e. The monoisotopic (exact) mass is 347 g/mol. The first-order valence-corrected chi connectivity index (χ1v) is 7.64. The quantitative estimate of drug-likeness (QED) is 0.526. The van der Waals surface area contributed by atoms with Crippen LogP contribution in [-0.4, -0.2) is 30.1 Å². The number of fused-ring (bicyclic) bond motifs is 1. The van der Waals surface area contributed by atoms with Crippen molar-refractivity contribution in [3.8, 4) is 6.01 Å². The summed E-state index contributed by atoms with van der Waals surface area (Å²) < 4.78 is 7.89. The van der Waals surface area contributed by atoms with E-state index in [-0.39, 0.29) is 23.8 Å². The number of ether oxygens (including phenoxy) is 1. The molecule has 0 atom stereocenters. The van der Waals surface area contributed by atoms with Crippen molar-refractivity contribution in [2.45, 2.75) is 26.8 Å². The fourth-order valence-electron chi connectivity index (χ4n) is 2.18. The van der Waals surface area contributed by atoms with Gasteiger partial charge in [-0.15, -0.1) is 5.10 Å². The van der Waals surface area contributed by atoms with Gasteiger partial charge in [0.25, 0.3) is 5.56 Å². The van der Waals surface area contributed by atoms with Crippen LogP contribution in [0.15, 0.2) is 29.2 Å². The lowest BCUT2D eigenvalue weighted by Crippen LogP contribution is -2.20. The number of rotatable bonds is 4. The van der Waals surface area contributed by atoms with E-state index in [0.29, 0.717) is 17.4 Å². The zero-order chi connectivity index (χ0) is 17.3. The van der Waals surface area contributed by atoms with E-state index in [9.17, 15) is 9.59 Å². The molecule has 0 aliphatic heterocycles. The molecular weight excluding hydrogens is 334 g/mol. The zero-order valence-electron chi connectivity index (χ0n) is 13.1. The third kappa shape index (κ3) is 3.13. The number of aromatic nitrogens is 5. The summed E-state index contributed by atoms with van der Waals surface area (Å²) in [5, 5.41) is 4.35. The lowest BCUT2D eigenvalue weighted by atomic mass is 10.3. The molecule has 24 heavy (non-hydrogen) atoms. The maximum atomic E-state index is 12.1. The Hall–Kier alpha value is -2.74. The van der Waals surface area contributed by atoms with Crippen molar-refractivity contribution in [3.05, 3.63) is 51.2 Å². The van der Waals surface area contributed by atoms with E-state index in [1.54, 1.807) is 30.7 Å². The molecule has 124 valence electrons. The summed E-state index contributed by atoms with van der Waals surface area (Å²) in [6.07, 6.45) is 1.83. The van der Waals surface area contributed by atoms with E-state index in [0.717, 1.165) is 10.1 Å². The van der Waals surface area contributed by atoms with Crippen LogP contribution in [0, 0.1) is 6.92 Å². The Morgan fingerprint density at radius 3 is 2.83 bits per heavy atom. The molecular formula is C15H14ClN5O3. The number of esters is 1. The predicted octanol–water partition coefficient (Wildman–Crippen LogP) is 1.61. The molecule has 9 heteroatoms. The zero-order valence-corrected chi connectivity index (χ0v) is 13.8. The van der Waals surface area contributed by atoms with Crippen LogP contribution in [0.2, 0.25) is 5.15 Å². The molecule has 3 aromatic heterocycles. The number of hydrogen-bond acceptors (Lipinski definition) is 6. The lowest BCUT2D eigenvalue weighted by Gasteiger charge is -2.11. The average molecular weight is 348 g/mol. The molecule has 0 aromatic carbocycles. The first-order valence-electron chi connectivity index (χ1n) is 7.26. The number of aryl methyl sites for hydroxylation is 1. The van der Waals surface area contributed by atoms with Gasteiger partial charge >= 0.3 is 12.0 Å². The smallest absolute Gasteiger partial charge is 0.345 e. The number of halogens is 1. The minimum atomic E-state index is -0.469. The Bertz CT molecular complexity index is 962. The Labute approximate surface area is 141 Å². The van der Waals surface area contributed by atoms with Gasteiger partial charge in [-0.3, -0.25) is 9.59 Å². The second kappa shape index (κ2) is 6.40. The molecule has 0 bridgehead atoms. The summed E-state index contributed by atoms with van der Waals surface area (Å²) in [4.78, 5) is 31.7. The maximum absolute atomic E-state index is 12.1. The number of nitrogens with zero attached hydrogens (tertiary/aromatic N) is 5. The molecule has 0 aliphatic rings. The molecule has 0 spiro atoms. The Morgan fingerprint density at radius 2 is 2.17 bits per heavy atom. The van der Waals surface area contributed by atoms with Gasteiger partial charge in [0, 0.05) is 24.4 Å². The van der Waals surface area contributed by atoms with Crippen LogP contribution < -0.4 is 10.3 Å². The fraction of sp³-hybridized carbons (Fsp3) is 0.267. The van der Waals surface area contributed by atoms with Crippen LogP contribution in [0.4, 0.5) is 0 Å². The van der Waals surface area contributed by atoms with Crippen molar-refractivity contribution in [1.82, 2.24) is 24.1 Å². The Balaban J connectivity index is 2.07. The van der Waals surface area contributed by atoms with Crippen LogP contribution in [0.3, 0.4) is 0 Å². The lowest BCUT2D eigenvalue weighted by molar-refractivity contribution is -0.134. The first-order chi connectivity index (χ1) is 11.5. The van der Waals surface area contributed by atoms with Crippen LogP contribution >= 0.6 is 11.6 Å². The van der Waals surface area contributed by atoms with Gasteiger partial charge in [0.05, 0.1) is 6.54 Å². The molecule has 3 aromatic rings. The molecule has 0 radical (unpaired) electrons. The molecule has 0 N–H and O–H groups in total. The third-order valence-corrected chi connectivity index (χ3v) is 3.63. The highest BCUT2D eigenvalue weighted by molar-refractivity contribution is 6.29. The van der Waals surface area contributed by atoms with Gasteiger partial charge in [0.1, 0.15) is 5.15 Å². The number of carbonyl (C=O) groups excluding carboxylic acids is 1. The van der Waals surface area contributed by atoms with Crippen LogP contribution in [0.25, 0.3) is 5.78 Å². The second-order valence-corrected chi connectivity index (χ2v) is 5.52. The van der Waals surface area contributed by atoms with E-state index >= 15 is 0 Å². The van der Waals surface area contributed by atoms with Crippen LogP contribution in [0.5, 0.6) is 6.01 Å². The second-order valence-electron chi connectivity index (χ2n) is 5.13. The fourth-order valence-corrected chi connectivity index (χ4v) is 2.29. The van der Waals surface area contributed by atoms with E-state index in [4.69, 9.17) is 16.3 Å². The van der Waals surface area contributed by atoms with E-state index < -0.39 is 5.97 Å². The van der Waals surface area contributed by atoms with E-state index in [1.165, 1.54) is 6.07 Å². The standard InChI is InChI=1S/C15H14ClN5O3/c1-3-13(23)24-14-18-15-20(8-10-4-5-11(16)17-7-10)9(2)6-12(22)21(15)19-14/h4-7H,3,8H2,1-2H3. The SMILES string of the molecule is CCC(=O)Oc1nc2n(Cc3ccc(Cl)nc3)c(C)cc(=O)n2n1. The molecule has 8 nitrogen and oxygen atoms in total. The maximum Gasteiger partial charge on any atom is 0.345 e. The van der Waals surface area contributed by atoms with Gasteiger partial charge in [0.15, 0.2) is 0 Å².